The maximum atomic E-state index is 12.8. The number of ether oxygens (including phenoxy) is 2. The number of esters is 2. The Balaban J connectivity index is 1.01. The van der Waals surface area contributed by atoms with Gasteiger partial charge in [-0.05, 0) is 91.7 Å². The number of benzene rings is 2. The van der Waals surface area contributed by atoms with Crippen LogP contribution in [0, 0.1) is 23.7 Å². The third-order valence-corrected chi connectivity index (χ3v) is 13.2. The van der Waals surface area contributed by atoms with Gasteiger partial charge in [0.05, 0.1) is 11.1 Å². The Bertz CT molecular complexity index is 1280. The van der Waals surface area contributed by atoms with E-state index in [1.165, 1.54) is 178 Å². The first-order valence-electron chi connectivity index (χ1n) is 23.5. The number of carbonyl (C=O) groups excluding carboxylic acids is 2. The van der Waals surface area contributed by atoms with Crippen LogP contribution in [0.25, 0.3) is 0 Å². The molecule has 0 radical (unpaired) electrons. The molecule has 2 aliphatic rings. The average Bonchev–Trinajstić information content (AvgIpc) is 3.21. The van der Waals surface area contributed by atoms with Crippen LogP contribution in [0.3, 0.4) is 0 Å². The summed E-state index contributed by atoms with van der Waals surface area (Å²) < 4.78 is 11.1. The molecule has 2 aliphatic carbocycles. The van der Waals surface area contributed by atoms with E-state index in [0.29, 0.717) is 11.1 Å². The Hall–Kier alpha value is -2.62. The zero-order valence-electron chi connectivity index (χ0n) is 35.6. The Morgan fingerprint density at radius 2 is 0.836 bits per heavy atom. The zero-order valence-corrected chi connectivity index (χ0v) is 35.6. The summed E-state index contributed by atoms with van der Waals surface area (Å²) in [6.07, 6.45) is 37.8. The van der Waals surface area contributed by atoms with Gasteiger partial charge in [-0.25, -0.2) is 9.59 Å². The fraction of sp³-hybridized carbons (Fsp3) is 0.725. The average molecular weight is 757 g/mol. The van der Waals surface area contributed by atoms with Crippen LogP contribution >= 0.6 is 0 Å². The van der Waals surface area contributed by atoms with Crippen LogP contribution in [0.5, 0.6) is 0 Å². The van der Waals surface area contributed by atoms with Crippen LogP contribution in [0.15, 0.2) is 48.5 Å². The molecule has 1 unspecified atom stereocenters. The number of rotatable bonds is 27. The van der Waals surface area contributed by atoms with Gasteiger partial charge in [0, 0.05) is 0 Å². The van der Waals surface area contributed by atoms with Crippen LogP contribution in [0.4, 0.5) is 0 Å². The predicted octanol–water partition coefficient (Wildman–Crippen LogP) is 14.8. The Morgan fingerprint density at radius 1 is 0.491 bits per heavy atom. The van der Waals surface area contributed by atoms with E-state index in [9.17, 15) is 9.59 Å². The van der Waals surface area contributed by atoms with E-state index in [0.717, 1.165) is 36.5 Å². The smallest absolute Gasteiger partial charge is 0.338 e. The van der Waals surface area contributed by atoms with Gasteiger partial charge in [0.2, 0.25) is 0 Å². The number of hydrogen-bond acceptors (Lipinski definition) is 4. The topological polar surface area (TPSA) is 52.6 Å². The van der Waals surface area contributed by atoms with Gasteiger partial charge in [0.15, 0.2) is 0 Å². The number of unbranched alkanes of at least 4 members (excludes halogenated alkanes) is 10. The van der Waals surface area contributed by atoms with Gasteiger partial charge < -0.3 is 9.47 Å². The Labute approximate surface area is 337 Å². The van der Waals surface area contributed by atoms with Gasteiger partial charge in [-0.2, -0.15) is 0 Å². The molecule has 55 heavy (non-hydrogen) atoms. The lowest BCUT2D eigenvalue weighted by Crippen LogP contribution is -2.22. The predicted molar refractivity (Wildman–Crippen MR) is 231 cm³/mol. The SMILES string of the molecule is CCCCCCCC1CCC(CCCCc2ccc(C(=O)OCC(C)OC(=O)c3ccc(CCCCC4CCC(CCCCCCC)CC4)cc3)cc2)CC1. The van der Waals surface area contributed by atoms with E-state index >= 15 is 0 Å². The summed E-state index contributed by atoms with van der Waals surface area (Å²) in [6.45, 7) is 6.39. The van der Waals surface area contributed by atoms with E-state index in [2.05, 4.69) is 38.1 Å². The molecule has 0 N–H and O–H groups in total. The first-order valence-corrected chi connectivity index (χ1v) is 23.5. The molecule has 2 saturated carbocycles. The molecule has 0 aliphatic heterocycles. The normalized spacial score (nSPS) is 20.6. The molecule has 0 heterocycles. The van der Waals surface area contributed by atoms with Crippen molar-refractivity contribution in [2.75, 3.05) is 6.61 Å². The summed E-state index contributed by atoms with van der Waals surface area (Å²) in [4.78, 5) is 25.5. The van der Waals surface area contributed by atoms with Gasteiger partial charge in [0.1, 0.15) is 12.7 Å². The van der Waals surface area contributed by atoms with Crippen molar-refractivity contribution in [2.24, 2.45) is 23.7 Å². The minimum atomic E-state index is -0.526. The summed E-state index contributed by atoms with van der Waals surface area (Å²) in [6, 6.07) is 15.7. The van der Waals surface area contributed by atoms with E-state index in [1.54, 1.807) is 6.92 Å². The highest BCUT2D eigenvalue weighted by molar-refractivity contribution is 5.90. The second kappa shape index (κ2) is 27.1. The summed E-state index contributed by atoms with van der Waals surface area (Å²) >= 11 is 0. The lowest BCUT2D eigenvalue weighted by Gasteiger charge is -2.28. The molecule has 2 aromatic carbocycles. The highest BCUT2D eigenvalue weighted by Gasteiger charge is 2.22. The van der Waals surface area contributed by atoms with E-state index < -0.39 is 6.10 Å². The van der Waals surface area contributed by atoms with Crippen LogP contribution < -0.4 is 0 Å². The molecule has 4 nitrogen and oxygen atoms in total. The molecule has 0 saturated heterocycles. The van der Waals surface area contributed by atoms with Crippen molar-refractivity contribution in [2.45, 2.75) is 207 Å². The molecule has 0 spiro atoms. The fourth-order valence-corrected chi connectivity index (χ4v) is 9.39. The lowest BCUT2D eigenvalue weighted by atomic mass is 9.78. The Morgan fingerprint density at radius 3 is 1.22 bits per heavy atom. The van der Waals surface area contributed by atoms with Gasteiger partial charge in [-0.3, -0.25) is 0 Å². The minimum absolute atomic E-state index is 0.0337. The van der Waals surface area contributed by atoms with Crippen molar-refractivity contribution in [3.63, 3.8) is 0 Å². The van der Waals surface area contributed by atoms with Crippen molar-refractivity contribution in [1.29, 1.82) is 0 Å². The maximum absolute atomic E-state index is 12.8. The highest BCUT2D eigenvalue weighted by atomic mass is 16.6. The van der Waals surface area contributed by atoms with E-state index in [-0.39, 0.29) is 18.5 Å². The fourth-order valence-electron chi connectivity index (χ4n) is 9.39. The zero-order chi connectivity index (χ0) is 38.9. The summed E-state index contributed by atoms with van der Waals surface area (Å²) in [5, 5.41) is 0. The van der Waals surface area contributed by atoms with Crippen molar-refractivity contribution < 1.29 is 19.1 Å². The number of carbonyl (C=O) groups is 2. The quantitative estimate of drug-likeness (QED) is 0.0673. The van der Waals surface area contributed by atoms with Crippen LogP contribution in [0.1, 0.15) is 220 Å². The van der Waals surface area contributed by atoms with Crippen LogP contribution in [0.2, 0.25) is 0 Å². The van der Waals surface area contributed by atoms with Crippen molar-refractivity contribution >= 4 is 11.9 Å². The third kappa shape index (κ3) is 18.5. The molecule has 1 atom stereocenters. The maximum Gasteiger partial charge on any atom is 0.338 e. The summed E-state index contributed by atoms with van der Waals surface area (Å²) in [7, 11) is 0. The second-order valence-corrected chi connectivity index (χ2v) is 17.9. The number of aryl methyl sites for hydroxylation is 2. The van der Waals surface area contributed by atoms with Gasteiger partial charge in [0.25, 0.3) is 0 Å². The molecule has 0 bridgehead atoms. The molecule has 2 fully saturated rings. The molecular formula is C51H80O4. The Kier molecular flexibility index (Phi) is 22.2. The highest BCUT2D eigenvalue weighted by Crippen LogP contribution is 2.36. The first-order chi connectivity index (χ1) is 26.9. The van der Waals surface area contributed by atoms with E-state index in [1.807, 2.05) is 24.3 Å². The third-order valence-electron chi connectivity index (χ3n) is 13.2. The second-order valence-electron chi connectivity index (χ2n) is 17.9. The van der Waals surface area contributed by atoms with Crippen molar-refractivity contribution in [3.8, 4) is 0 Å². The van der Waals surface area contributed by atoms with E-state index in [4.69, 9.17) is 9.47 Å². The molecule has 4 rings (SSSR count). The molecular weight excluding hydrogens is 677 g/mol. The van der Waals surface area contributed by atoms with Gasteiger partial charge in [-0.15, -0.1) is 0 Å². The monoisotopic (exact) mass is 757 g/mol. The van der Waals surface area contributed by atoms with Crippen molar-refractivity contribution in [1.82, 2.24) is 0 Å². The lowest BCUT2D eigenvalue weighted by molar-refractivity contribution is 0.00448. The molecule has 2 aromatic rings. The largest absolute Gasteiger partial charge is 0.458 e. The minimum Gasteiger partial charge on any atom is -0.458 e. The molecule has 0 aromatic heterocycles. The summed E-state index contributed by atoms with van der Waals surface area (Å²) in [5.41, 5.74) is 3.62. The van der Waals surface area contributed by atoms with Gasteiger partial charge >= 0.3 is 11.9 Å². The number of hydrogen-bond donors (Lipinski definition) is 0. The molecule has 308 valence electrons. The molecule has 0 amide bonds. The first kappa shape index (κ1) is 45.1. The van der Waals surface area contributed by atoms with Crippen LogP contribution in [-0.2, 0) is 22.3 Å². The van der Waals surface area contributed by atoms with Crippen LogP contribution in [-0.4, -0.2) is 24.6 Å². The van der Waals surface area contributed by atoms with Crippen molar-refractivity contribution in [3.05, 3.63) is 70.8 Å². The standard InChI is InChI=1S/C51H80O4/c1-4-6-8-10-12-18-42-24-28-44(29-25-42)20-14-16-22-46-32-36-48(37-33-46)50(52)54-40-41(3)55-51(53)49-38-34-47(35-39-49)23-17-15-21-45-30-26-43(27-31-45)19-13-11-9-7-5-2/h32-39,41-45H,4-31,40H2,1-3H3. The molecule has 4 heteroatoms. The van der Waals surface area contributed by atoms with Gasteiger partial charge in [-0.1, -0.05) is 192 Å². The summed E-state index contributed by atoms with van der Waals surface area (Å²) in [5.74, 6) is 3.07.